The zero-order valence-corrected chi connectivity index (χ0v) is 15.6. The van der Waals surface area contributed by atoms with Crippen LogP contribution in [0.1, 0.15) is 12.5 Å². The highest BCUT2D eigenvalue weighted by atomic mass is 19.4. The first kappa shape index (κ1) is 20.2. The number of methoxy groups -OCH3 is 1. The highest BCUT2D eigenvalue weighted by Crippen LogP contribution is 2.34. The van der Waals surface area contributed by atoms with Crippen LogP contribution in [0.4, 0.5) is 18.0 Å². The second kappa shape index (κ2) is 8.26. The van der Waals surface area contributed by atoms with E-state index in [-0.39, 0.29) is 18.1 Å². The lowest BCUT2D eigenvalue weighted by Crippen LogP contribution is -2.10. The summed E-state index contributed by atoms with van der Waals surface area (Å²) in [4.78, 5) is 11.6. The molecule has 3 aromatic rings. The standard InChI is InChI=1S/C20H17F3N2O4/c1-3-28-19(26)29-18-12-17(13-6-4-7-14(10-13)20(21,22)23)25(24-18)15-8-5-9-16(11-15)27-2/h4-12H,3H2,1-2H3. The van der Waals surface area contributed by atoms with Crippen LogP contribution in [0.15, 0.2) is 54.6 Å². The van der Waals surface area contributed by atoms with Crippen molar-refractivity contribution in [2.75, 3.05) is 13.7 Å². The third-order valence-electron chi connectivity index (χ3n) is 3.92. The van der Waals surface area contributed by atoms with Gasteiger partial charge in [-0.25, -0.2) is 9.48 Å². The van der Waals surface area contributed by atoms with Crippen LogP contribution in [0.3, 0.4) is 0 Å². The highest BCUT2D eigenvalue weighted by molar-refractivity contribution is 5.68. The molecule has 0 spiro atoms. The van der Waals surface area contributed by atoms with E-state index in [4.69, 9.17) is 14.2 Å². The number of carbonyl (C=O) groups is 1. The average molecular weight is 406 g/mol. The molecule has 2 aromatic carbocycles. The van der Waals surface area contributed by atoms with Crippen molar-refractivity contribution >= 4 is 6.16 Å². The monoisotopic (exact) mass is 406 g/mol. The number of alkyl halides is 3. The number of rotatable bonds is 5. The average Bonchev–Trinajstić information content (AvgIpc) is 3.11. The molecule has 0 aliphatic heterocycles. The highest BCUT2D eigenvalue weighted by Gasteiger charge is 2.31. The van der Waals surface area contributed by atoms with E-state index in [1.54, 1.807) is 31.2 Å². The minimum absolute atomic E-state index is 0.107. The van der Waals surface area contributed by atoms with Gasteiger partial charge in [0.15, 0.2) is 0 Å². The van der Waals surface area contributed by atoms with E-state index in [1.807, 2.05) is 0 Å². The van der Waals surface area contributed by atoms with E-state index < -0.39 is 17.9 Å². The van der Waals surface area contributed by atoms with Crippen LogP contribution >= 0.6 is 0 Å². The molecule has 1 heterocycles. The van der Waals surface area contributed by atoms with E-state index in [1.165, 1.54) is 30.0 Å². The van der Waals surface area contributed by atoms with Gasteiger partial charge in [-0.1, -0.05) is 18.2 Å². The maximum atomic E-state index is 13.1. The van der Waals surface area contributed by atoms with E-state index >= 15 is 0 Å². The lowest BCUT2D eigenvalue weighted by molar-refractivity contribution is -0.137. The second-order valence-corrected chi connectivity index (χ2v) is 5.84. The molecule has 0 unspecified atom stereocenters. The topological polar surface area (TPSA) is 62.6 Å². The lowest BCUT2D eigenvalue weighted by atomic mass is 10.1. The lowest BCUT2D eigenvalue weighted by Gasteiger charge is -2.11. The van der Waals surface area contributed by atoms with Gasteiger partial charge >= 0.3 is 12.3 Å². The van der Waals surface area contributed by atoms with Gasteiger partial charge in [0.1, 0.15) is 5.75 Å². The van der Waals surface area contributed by atoms with Gasteiger partial charge < -0.3 is 14.2 Å². The van der Waals surface area contributed by atoms with Crippen molar-refractivity contribution in [2.45, 2.75) is 13.1 Å². The molecule has 0 amide bonds. The van der Waals surface area contributed by atoms with Crippen molar-refractivity contribution in [3.63, 3.8) is 0 Å². The Balaban J connectivity index is 2.11. The van der Waals surface area contributed by atoms with Crippen LogP contribution in [0.5, 0.6) is 11.6 Å². The first-order chi connectivity index (χ1) is 13.8. The van der Waals surface area contributed by atoms with Crippen molar-refractivity contribution in [3.8, 4) is 28.6 Å². The number of carbonyl (C=O) groups excluding carboxylic acids is 1. The smallest absolute Gasteiger partial charge is 0.497 e. The Hall–Kier alpha value is -3.49. The fourth-order valence-electron chi connectivity index (χ4n) is 2.64. The molecule has 152 valence electrons. The van der Waals surface area contributed by atoms with Gasteiger partial charge in [-0.3, -0.25) is 0 Å². The zero-order valence-electron chi connectivity index (χ0n) is 15.6. The molecule has 0 N–H and O–H groups in total. The van der Waals surface area contributed by atoms with Gasteiger partial charge in [0.25, 0.3) is 0 Å². The molecular weight excluding hydrogens is 389 g/mol. The fraction of sp³-hybridized carbons (Fsp3) is 0.200. The Kier molecular flexibility index (Phi) is 5.76. The quantitative estimate of drug-likeness (QED) is 0.552. The summed E-state index contributed by atoms with van der Waals surface area (Å²) < 4.78 is 55.7. The Bertz CT molecular complexity index is 1010. The molecule has 0 saturated carbocycles. The third-order valence-corrected chi connectivity index (χ3v) is 3.92. The minimum atomic E-state index is -4.50. The normalized spacial score (nSPS) is 11.2. The second-order valence-electron chi connectivity index (χ2n) is 5.84. The first-order valence-corrected chi connectivity index (χ1v) is 8.58. The number of hydrogen-bond donors (Lipinski definition) is 0. The van der Waals surface area contributed by atoms with Gasteiger partial charge in [0, 0.05) is 17.7 Å². The summed E-state index contributed by atoms with van der Waals surface area (Å²) in [5, 5.41) is 4.20. The van der Waals surface area contributed by atoms with E-state index in [0.29, 0.717) is 17.1 Å². The van der Waals surface area contributed by atoms with Crippen LogP contribution < -0.4 is 9.47 Å². The van der Waals surface area contributed by atoms with Gasteiger partial charge in [0.05, 0.1) is 30.7 Å². The van der Waals surface area contributed by atoms with Crippen LogP contribution in [0.2, 0.25) is 0 Å². The third kappa shape index (κ3) is 4.68. The van der Waals surface area contributed by atoms with E-state index in [0.717, 1.165) is 12.1 Å². The number of halogens is 3. The van der Waals surface area contributed by atoms with Crippen molar-refractivity contribution in [3.05, 3.63) is 60.2 Å². The fourth-order valence-corrected chi connectivity index (χ4v) is 2.64. The Morgan fingerprint density at radius 3 is 2.55 bits per heavy atom. The summed E-state index contributed by atoms with van der Waals surface area (Å²) in [6.07, 6.45) is -5.46. The van der Waals surface area contributed by atoms with Crippen molar-refractivity contribution in [2.24, 2.45) is 0 Å². The summed E-state index contributed by atoms with van der Waals surface area (Å²) in [6, 6.07) is 12.9. The predicted molar refractivity (Wildman–Crippen MR) is 98.2 cm³/mol. The summed E-state index contributed by atoms with van der Waals surface area (Å²) in [6.45, 7) is 1.72. The van der Waals surface area contributed by atoms with Gasteiger partial charge in [-0.2, -0.15) is 13.2 Å². The molecular formula is C20H17F3N2O4. The molecule has 0 atom stereocenters. The van der Waals surface area contributed by atoms with E-state index in [9.17, 15) is 18.0 Å². The van der Waals surface area contributed by atoms with Gasteiger partial charge in [0.2, 0.25) is 5.88 Å². The van der Waals surface area contributed by atoms with Crippen molar-refractivity contribution in [1.29, 1.82) is 0 Å². The number of aromatic nitrogens is 2. The number of hydrogen-bond acceptors (Lipinski definition) is 5. The number of benzene rings is 2. The summed E-state index contributed by atoms with van der Waals surface area (Å²) in [7, 11) is 1.49. The summed E-state index contributed by atoms with van der Waals surface area (Å²) in [5.74, 6) is 0.416. The predicted octanol–water partition coefficient (Wildman–Crippen LogP) is 5.10. The number of nitrogens with zero attached hydrogens (tertiary/aromatic N) is 2. The van der Waals surface area contributed by atoms with Crippen LogP contribution in [0, 0.1) is 0 Å². The minimum Gasteiger partial charge on any atom is -0.497 e. The Morgan fingerprint density at radius 2 is 1.86 bits per heavy atom. The number of ether oxygens (including phenoxy) is 3. The maximum absolute atomic E-state index is 13.1. The van der Waals surface area contributed by atoms with Crippen LogP contribution in [-0.4, -0.2) is 29.7 Å². The van der Waals surface area contributed by atoms with Crippen LogP contribution in [0.25, 0.3) is 16.9 Å². The molecule has 0 bridgehead atoms. The SMILES string of the molecule is CCOC(=O)Oc1cc(-c2cccc(C(F)(F)F)c2)n(-c2cccc(OC)c2)n1. The Labute approximate surface area is 164 Å². The molecule has 0 fully saturated rings. The molecule has 6 nitrogen and oxygen atoms in total. The molecule has 0 aliphatic carbocycles. The zero-order chi connectivity index (χ0) is 21.0. The molecule has 9 heteroatoms. The van der Waals surface area contributed by atoms with Crippen molar-refractivity contribution in [1.82, 2.24) is 9.78 Å². The van der Waals surface area contributed by atoms with Crippen molar-refractivity contribution < 1.29 is 32.2 Å². The van der Waals surface area contributed by atoms with E-state index in [2.05, 4.69) is 5.10 Å². The molecule has 3 rings (SSSR count). The molecule has 0 radical (unpaired) electrons. The summed E-state index contributed by atoms with van der Waals surface area (Å²) >= 11 is 0. The molecule has 0 aliphatic rings. The molecule has 29 heavy (non-hydrogen) atoms. The maximum Gasteiger partial charge on any atom is 0.515 e. The molecule has 0 saturated heterocycles. The Morgan fingerprint density at radius 1 is 1.10 bits per heavy atom. The van der Waals surface area contributed by atoms with Gasteiger partial charge in [-0.05, 0) is 31.2 Å². The summed E-state index contributed by atoms with van der Waals surface area (Å²) in [5.41, 5.74) is 0.245. The largest absolute Gasteiger partial charge is 0.515 e. The first-order valence-electron chi connectivity index (χ1n) is 8.58. The molecule has 1 aromatic heterocycles. The van der Waals surface area contributed by atoms with Gasteiger partial charge in [-0.15, -0.1) is 5.10 Å². The van der Waals surface area contributed by atoms with Crippen LogP contribution in [-0.2, 0) is 10.9 Å².